The Labute approximate surface area is 127 Å². The van der Waals surface area contributed by atoms with Gasteiger partial charge in [0.25, 0.3) is 0 Å². The number of anilines is 1. The first-order valence-electron chi connectivity index (χ1n) is 8.10. The highest BCUT2D eigenvalue weighted by Crippen LogP contribution is 2.29. The van der Waals surface area contributed by atoms with Crippen molar-refractivity contribution in [3.05, 3.63) is 29.6 Å². The van der Waals surface area contributed by atoms with Crippen molar-refractivity contribution in [1.82, 2.24) is 5.32 Å². The van der Waals surface area contributed by atoms with Crippen LogP contribution in [-0.4, -0.2) is 31.3 Å². The largest absolute Gasteiger partial charge is 0.396 e. The highest BCUT2D eigenvalue weighted by atomic mass is 19.1. The molecule has 4 heteroatoms. The van der Waals surface area contributed by atoms with Gasteiger partial charge in [0, 0.05) is 37.5 Å². The maximum absolute atomic E-state index is 14.2. The molecule has 0 aliphatic carbocycles. The number of aliphatic hydroxyl groups excluding tert-OH is 1. The Morgan fingerprint density at radius 1 is 1.43 bits per heavy atom. The number of piperidine rings is 1. The summed E-state index contributed by atoms with van der Waals surface area (Å²) in [6.07, 6.45) is 4.17. The number of aliphatic hydroxyl groups is 1. The molecule has 1 aromatic rings. The van der Waals surface area contributed by atoms with Gasteiger partial charge in [-0.3, -0.25) is 0 Å². The van der Waals surface area contributed by atoms with Gasteiger partial charge in [0.2, 0.25) is 0 Å². The second kappa shape index (κ2) is 8.35. The lowest BCUT2D eigenvalue weighted by atomic mass is 9.94. The maximum Gasteiger partial charge on any atom is 0.129 e. The number of halogens is 1. The third-order valence-corrected chi connectivity index (χ3v) is 4.22. The van der Waals surface area contributed by atoms with E-state index < -0.39 is 0 Å². The van der Waals surface area contributed by atoms with Crippen molar-refractivity contribution in [1.29, 1.82) is 0 Å². The predicted octanol–water partition coefficient (Wildman–Crippen LogP) is 2.92. The Bertz CT molecular complexity index is 437. The zero-order valence-corrected chi connectivity index (χ0v) is 12.9. The Hall–Kier alpha value is -1.13. The summed E-state index contributed by atoms with van der Waals surface area (Å²) in [6, 6.07) is 5.36. The van der Waals surface area contributed by atoms with Gasteiger partial charge in [-0.05, 0) is 50.3 Å². The summed E-state index contributed by atoms with van der Waals surface area (Å²) in [5.74, 6) is 0.392. The van der Waals surface area contributed by atoms with Crippen LogP contribution >= 0.6 is 0 Å². The summed E-state index contributed by atoms with van der Waals surface area (Å²) in [5.41, 5.74) is 1.79. The second-order valence-corrected chi connectivity index (χ2v) is 5.88. The van der Waals surface area contributed by atoms with E-state index in [0.29, 0.717) is 12.5 Å². The first-order valence-corrected chi connectivity index (χ1v) is 8.10. The van der Waals surface area contributed by atoms with Crippen LogP contribution in [0, 0.1) is 11.7 Å². The molecule has 0 bridgehead atoms. The van der Waals surface area contributed by atoms with Crippen LogP contribution in [0.5, 0.6) is 0 Å². The molecule has 2 rings (SSSR count). The molecule has 1 atom stereocenters. The molecule has 0 aromatic heterocycles. The molecule has 1 saturated heterocycles. The minimum absolute atomic E-state index is 0.125. The molecule has 0 radical (unpaired) electrons. The van der Waals surface area contributed by atoms with E-state index in [0.717, 1.165) is 56.6 Å². The van der Waals surface area contributed by atoms with Gasteiger partial charge >= 0.3 is 0 Å². The first kappa shape index (κ1) is 16.2. The van der Waals surface area contributed by atoms with Crippen molar-refractivity contribution in [3.63, 3.8) is 0 Å². The molecule has 1 fully saturated rings. The fourth-order valence-corrected chi connectivity index (χ4v) is 3.11. The number of nitrogens with one attached hydrogen (secondary N) is 1. The van der Waals surface area contributed by atoms with Gasteiger partial charge in [0.1, 0.15) is 5.82 Å². The van der Waals surface area contributed by atoms with Crippen LogP contribution in [0.25, 0.3) is 0 Å². The van der Waals surface area contributed by atoms with Gasteiger partial charge in [0.15, 0.2) is 0 Å². The molecule has 2 N–H and O–H groups in total. The number of nitrogens with zero attached hydrogens (tertiary/aromatic N) is 1. The average Bonchev–Trinajstić information content (AvgIpc) is 2.50. The molecular formula is C17H27FN2O. The predicted molar refractivity (Wildman–Crippen MR) is 85.0 cm³/mol. The fourth-order valence-electron chi connectivity index (χ4n) is 3.11. The fraction of sp³-hybridized carbons (Fsp3) is 0.647. The molecule has 1 aromatic carbocycles. The molecule has 1 aliphatic heterocycles. The lowest BCUT2D eigenvalue weighted by molar-refractivity contribution is 0.244. The molecule has 0 saturated carbocycles. The number of rotatable bonds is 7. The number of hydrogen-bond donors (Lipinski definition) is 2. The smallest absolute Gasteiger partial charge is 0.129 e. The van der Waals surface area contributed by atoms with Gasteiger partial charge in [-0.2, -0.15) is 0 Å². The molecule has 21 heavy (non-hydrogen) atoms. The van der Waals surface area contributed by atoms with Crippen molar-refractivity contribution in [2.45, 2.75) is 39.2 Å². The van der Waals surface area contributed by atoms with Crippen LogP contribution in [0.2, 0.25) is 0 Å². The molecule has 3 nitrogen and oxygen atoms in total. The monoisotopic (exact) mass is 294 g/mol. The van der Waals surface area contributed by atoms with Crippen LogP contribution in [-0.2, 0) is 6.54 Å². The van der Waals surface area contributed by atoms with Crippen LogP contribution in [0.4, 0.5) is 10.1 Å². The Balaban J connectivity index is 2.12. The molecule has 0 spiro atoms. The van der Waals surface area contributed by atoms with E-state index in [1.807, 2.05) is 6.07 Å². The summed E-state index contributed by atoms with van der Waals surface area (Å²) in [6.45, 7) is 5.74. The van der Waals surface area contributed by atoms with Crippen molar-refractivity contribution < 1.29 is 9.50 Å². The minimum atomic E-state index is -0.125. The quantitative estimate of drug-likeness (QED) is 0.759. The van der Waals surface area contributed by atoms with E-state index in [2.05, 4.69) is 17.1 Å². The van der Waals surface area contributed by atoms with Gasteiger partial charge in [0.05, 0.1) is 0 Å². The molecule has 1 unspecified atom stereocenters. The summed E-state index contributed by atoms with van der Waals surface area (Å²) in [5, 5.41) is 12.4. The first-order chi connectivity index (χ1) is 10.3. The normalized spacial score (nSPS) is 19.0. The second-order valence-electron chi connectivity index (χ2n) is 5.88. The van der Waals surface area contributed by atoms with E-state index in [9.17, 15) is 4.39 Å². The van der Waals surface area contributed by atoms with Crippen molar-refractivity contribution in [2.75, 3.05) is 31.1 Å². The zero-order chi connectivity index (χ0) is 15.1. The highest BCUT2D eigenvalue weighted by Gasteiger charge is 2.22. The molecular weight excluding hydrogens is 267 g/mol. The Morgan fingerprint density at radius 2 is 2.29 bits per heavy atom. The van der Waals surface area contributed by atoms with E-state index in [1.165, 1.54) is 0 Å². The number of benzene rings is 1. The van der Waals surface area contributed by atoms with Gasteiger partial charge in [-0.25, -0.2) is 4.39 Å². The van der Waals surface area contributed by atoms with Crippen molar-refractivity contribution >= 4 is 5.69 Å². The SMILES string of the molecule is CCCNCc1c(F)cccc1N1CCCC(CCO)C1. The lowest BCUT2D eigenvalue weighted by Crippen LogP contribution is -2.36. The lowest BCUT2D eigenvalue weighted by Gasteiger charge is -2.35. The molecule has 1 heterocycles. The average molecular weight is 294 g/mol. The third-order valence-electron chi connectivity index (χ3n) is 4.22. The maximum atomic E-state index is 14.2. The molecule has 118 valence electrons. The molecule has 1 aliphatic rings. The van der Waals surface area contributed by atoms with E-state index in [-0.39, 0.29) is 12.4 Å². The third kappa shape index (κ3) is 4.42. The summed E-state index contributed by atoms with van der Waals surface area (Å²) in [7, 11) is 0. The van der Waals surface area contributed by atoms with Crippen molar-refractivity contribution in [2.24, 2.45) is 5.92 Å². The van der Waals surface area contributed by atoms with Gasteiger partial charge in [-0.1, -0.05) is 13.0 Å². The zero-order valence-electron chi connectivity index (χ0n) is 12.9. The summed E-state index contributed by atoms with van der Waals surface area (Å²) < 4.78 is 14.2. The van der Waals surface area contributed by atoms with Crippen molar-refractivity contribution in [3.8, 4) is 0 Å². The Kier molecular flexibility index (Phi) is 6.46. The van der Waals surface area contributed by atoms with E-state index in [4.69, 9.17) is 5.11 Å². The standard InChI is InChI=1S/C17H27FN2O/c1-2-9-19-12-15-16(18)6-3-7-17(15)20-10-4-5-14(13-20)8-11-21/h3,6-7,14,19,21H,2,4-5,8-13H2,1H3. The highest BCUT2D eigenvalue weighted by molar-refractivity contribution is 5.54. The van der Waals surface area contributed by atoms with Crippen LogP contribution in [0.1, 0.15) is 38.2 Å². The van der Waals surface area contributed by atoms with E-state index in [1.54, 1.807) is 12.1 Å². The topological polar surface area (TPSA) is 35.5 Å². The summed E-state index contributed by atoms with van der Waals surface area (Å²) in [4.78, 5) is 2.29. The summed E-state index contributed by atoms with van der Waals surface area (Å²) >= 11 is 0. The van der Waals surface area contributed by atoms with E-state index >= 15 is 0 Å². The van der Waals surface area contributed by atoms with Crippen LogP contribution < -0.4 is 10.2 Å². The molecule has 0 amide bonds. The van der Waals surface area contributed by atoms with Gasteiger partial charge in [-0.15, -0.1) is 0 Å². The minimum Gasteiger partial charge on any atom is -0.396 e. The Morgan fingerprint density at radius 3 is 3.05 bits per heavy atom. The number of hydrogen-bond acceptors (Lipinski definition) is 3. The van der Waals surface area contributed by atoms with Gasteiger partial charge < -0.3 is 15.3 Å². The van der Waals surface area contributed by atoms with Crippen LogP contribution in [0.15, 0.2) is 18.2 Å². The van der Waals surface area contributed by atoms with Crippen LogP contribution in [0.3, 0.4) is 0 Å².